The highest BCUT2D eigenvalue weighted by Crippen LogP contribution is 2.38. The van der Waals surface area contributed by atoms with Gasteiger partial charge in [-0.3, -0.25) is 0 Å². The molecule has 0 radical (unpaired) electrons. The van der Waals surface area contributed by atoms with Gasteiger partial charge in [-0.25, -0.2) is 0 Å². The summed E-state index contributed by atoms with van der Waals surface area (Å²) in [5.74, 6) is 0. The second kappa shape index (κ2) is 4.52. The van der Waals surface area contributed by atoms with Crippen molar-refractivity contribution in [3.8, 4) is 0 Å². The highest BCUT2D eigenvalue weighted by molar-refractivity contribution is 9.09. The van der Waals surface area contributed by atoms with E-state index in [0.717, 1.165) is 10.6 Å². The van der Waals surface area contributed by atoms with Crippen LogP contribution in [0.15, 0.2) is 29.2 Å². The van der Waals surface area contributed by atoms with Crippen molar-refractivity contribution in [3.63, 3.8) is 0 Å². The molecule has 1 aliphatic rings. The SMILES string of the molecule is BrCCCC1Cc2ccccc2S1. The number of benzene rings is 1. The third-order valence-corrected chi connectivity index (χ3v) is 4.32. The summed E-state index contributed by atoms with van der Waals surface area (Å²) < 4.78 is 0. The van der Waals surface area contributed by atoms with E-state index in [1.165, 1.54) is 24.2 Å². The molecule has 0 saturated heterocycles. The molecule has 1 aliphatic heterocycles. The molecule has 2 heteroatoms. The van der Waals surface area contributed by atoms with Crippen LogP contribution in [0, 0.1) is 0 Å². The lowest BCUT2D eigenvalue weighted by Gasteiger charge is -2.05. The van der Waals surface area contributed by atoms with Crippen LogP contribution >= 0.6 is 27.7 Å². The standard InChI is InChI=1S/C11H13BrS/c12-7-3-5-10-8-9-4-1-2-6-11(9)13-10/h1-2,4,6,10H,3,5,7-8H2. The molecule has 0 aliphatic carbocycles. The minimum Gasteiger partial charge on any atom is -0.122 e. The first-order valence-electron chi connectivity index (χ1n) is 4.70. The Hall–Kier alpha value is 0.0500. The van der Waals surface area contributed by atoms with Crippen molar-refractivity contribution in [1.82, 2.24) is 0 Å². The summed E-state index contributed by atoms with van der Waals surface area (Å²) in [6, 6.07) is 8.79. The second-order valence-corrected chi connectivity index (χ2v) is 5.52. The van der Waals surface area contributed by atoms with E-state index in [4.69, 9.17) is 0 Å². The van der Waals surface area contributed by atoms with Crippen LogP contribution < -0.4 is 0 Å². The van der Waals surface area contributed by atoms with Crippen molar-refractivity contribution in [2.75, 3.05) is 5.33 Å². The van der Waals surface area contributed by atoms with Gasteiger partial charge in [0.1, 0.15) is 0 Å². The predicted molar refractivity (Wildman–Crippen MR) is 62.8 cm³/mol. The van der Waals surface area contributed by atoms with Crippen molar-refractivity contribution in [2.45, 2.75) is 29.4 Å². The number of halogens is 1. The molecule has 0 spiro atoms. The smallest absolute Gasteiger partial charge is 0.0136 e. The van der Waals surface area contributed by atoms with E-state index >= 15 is 0 Å². The normalized spacial score (nSPS) is 20.2. The van der Waals surface area contributed by atoms with Gasteiger partial charge in [0.2, 0.25) is 0 Å². The van der Waals surface area contributed by atoms with Gasteiger partial charge in [0.05, 0.1) is 0 Å². The highest BCUT2D eigenvalue weighted by atomic mass is 79.9. The lowest BCUT2D eigenvalue weighted by molar-refractivity contribution is 0.752. The molecule has 0 aromatic heterocycles. The van der Waals surface area contributed by atoms with Gasteiger partial charge in [0.25, 0.3) is 0 Å². The van der Waals surface area contributed by atoms with Gasteiger partial charge < -0.3 is 0 Å². The molecule has 70 valence electrons. The van der Waals surface area contributed by atoms with Gasteiger partial charge in [-0.15, -0.1) is 11.8 Å². The Balaban J connectivity index is 1.97. The molecule has 0 N–H and O–H groups in total. The molecule has 1 unspecified atom stereocenters. The first-order chi connectivity index (χ1) is 6.40. The lowest BCUT2D eigenvalue weighted by atomic mass is 10.1. The maximum Gasteiger partial charge on any atom is 0.0136 e. The molecular formula is C11H13BrS. The van der Waals surface area contributed by atoms with Gasteiger partial charge in [-0.1, -0.05) is 34.1 Å². The van der Waals surface area contributed by atoms with Crippen molar-refractivity contribution >= 4 is 27.7 Å². The Morgan fingerprint density at radius 1 is 1.38 bits per heavy atom. The quantitative estimate of drug-likeness (QED) is 0.740. The van der Waals surface area contributed by atoms with Crippen molar-refractivity contribution in [2.24, 2.45) is 0 Å². The fourth-order valence-electron chi connectivity index (χ4n) is 1.72. The summed E-state index contributed by atoms with van der Waals surface area (Å²) in [4.78, 5) is 1.50. The van der Waals surface area contributed by atoms with E-state index in [0.29, 0.717) is 0 Å². The number of alkyl halides is 1. The van der Waals surface area contributed by atoms with Crippen LogP contribution in [0.3, 0.4) is 0 Å². The fourth-order valence-corrected chi connectivity index (χ4v) is 3.41. The average Bonchev–Trinajstić information content (AvgIpc) is 2.57. The van der Waals surface area contributed by atoms with Gasteiger partial charge in [0, 0.05) is 15.5 Å². The van der Waals surface area contributed by atoms with E-state index in [-0.39, 0.29) is 0 Å². The third kappa shape index (κ3) is 2.29. The number of rotatable bonds is 3. The maximum absolute atomic E-state index is 3.48. The first-order valence-corrected chi connectivity index (χ1v) is 6.71. The Morgan fingerprint density at radius 2 is 2.23 bits per heavy atom. The summed E-state index contributed by atoms with van der Waals surface area (Å²) in [7, 11) is 0. The molecule has 0 amide bonds. The fraction of sp³-hybridized carbons (Fsp3) is 0.455. The summed E-state index contributed by atoms with van der Waals surface area (Å²) in [6.07, 6.45) is 3.91. The van der Waals surface area contributed by atoms with Gasteiger partial charge in [-0.2, -0.15) is 0 Å². The van der Waals surface area contributed by atoms with Gasteiger partial charge in [-0.05, 0) is 30.9 Å². The molecule has 0 saturated carbocycles. The number of thioether (sulfide) groups is 1. The highest BCUT2D eigenvalue weighted by Gasteiger charge is 2.20. The third-order valence-electron chi connectivity index (χ3n) is 2.37. The topological polar surface area (TPSA) is 0 Å². The summed E-state index contributed by atoms with van der Waals surface area (Å²) >= 11 is 5.54. The van der Waals surface area contributed by atoms with E-state index in [1.807, 2.05) is 0 Å². The van der Waals surface area contributed by atoms with Crippen LogP contribution in [0.25, 0.3) is 0 Å². The Kier molecular flexibility index (Phi) is 3.33. The van der Waals surface area contributed by atoms with Crippen LogP contribution in [0.5, 0.6) is 0 Å². The zero-order chi connectivity index (χ0) is 9.10. The molecule has 0 fully saturated rings. The van der Waals surface area contributed by atoms with Crippen LogP contribution in [-0.2, 0) is 6.42 Å². The lowest BCUT2D eigenvalue weighted by Crippen LogP contribution is -2.00. The van der Waals surface area contributed by atoms with Gasteiger partial charge >= 0.3 is 0 Å². The molecule has 0 bridgehead atoms. The predicted octanol–water partition coefficient (Wildman–Crippen LogP) is 3.88. The number of hydrogen-bond donors (Lipinski definition) is 0. The zero-order valence-corrected chi connectivity index (χ0v) is 9.90. The summed E-state index contributed by atoms with van der Waals surface area (Å²) in [5, 5.41) is 1.97. The van der Waals surface area contributed by atoms with E-state index in [2.05, 4.69) is 52.0 Å². The first kappa shape index (κ1) is 9.60. The molecule has 13 heavy (non-hydrogen) atoms. The monoisotopic (exact) mass is 256 g/mol. The van der Waals surface area contributed by atoms with E-state index in [9.17, 15) is 0 Å². The van der Waals surface area contributed by atoms with E-state index < -0.39 is 0 Å². The molecule has 1 heterocycles. The molecular weight excluding hydrogens is 244 g/mol. The molecule has 0 nitrogen and oxygen atoms in total. The Bertz CT molecular complexity index is 260. The second-order valence-electron chi connectivity index (χ2n) is 3.38. The van der Waals surface area contributed by atoms with Crippen molar-refractivity contribution in [3.05, 3.63) is 29.8 Å². The van der Waals surface area contributed by atoms with Crippen LogP contribution in [0.1, 0.15) is 18.4 Å². The number of fused-ring (bicyclic) bond motifs is 1. The summed E-state index contributed by atoms with van der Waals surface area (Å²) in [5.41, 5.74) is 1.55. The Labute approximate surface area is 92.2 Å². The average molecular weight is 257 g/mol. The zero-order valence-electron chi connectivity index (χ0n) is 7.50. The van der Waals surface area contributed by atoms with Crippen molar-refractivity contribution < 1.29 is 0 Å². The van der Waals surface area contributed by atoms with Gasteiger partial charge in [0.15, 0.2) is 0 Å². The largest absolute Gasteiger partial charge is 0.122 e. The van der Waals surface area contributed by atoms with Crippen LogP contribution in [-0.4, -0.2) is 10.6 Å². The molecule has 1 aromatic rings. The van der Waals surface area contributed by atoms with E-state index in [1.54, 1.807) is 5.56 Å². The molecule has 1 atom stereocenters. The summed E-state index contributed by atoms with van der Waals surface area (Å²) in [6.45, 7) is 0. The number of hydrogen-bond acceptors (Lipinski definition) is 1. The molecule has 2 rings (SSSR count). The van der Waals surface area contributed by atoms with Crippen LogP contribution in [0.4, 0.5) is 0 Å². The minimum absolute atomic E-state index is 0.829. The minimum atomic E-state index is 0.829. The molecule has 1 aromatic carbocycles. The maximum atomic E-state index is 3.48. The van der Waals surface area contributed by atoms with Crippen LogP contribution in [0.2, 0.25) is 0 Å². The van der Waals surface area contributed by atoms with Crippen molar-refractivity contribution in [1.29, 1.82) is 0 Å². The Morgan fingerprint density at radius 3 is 3.00 bits per heavy atom.